The molecular formula is C29H26ClN3O5. The van der Waals surface area contributed by atoms with Crippen LogP contribution in [0.15, 0.2) is 60.2 Å². The maximum atomic E-state index is 13.5. The van der Waals surface area contributed by atoms with E-state index >= 15 is 0 Å². The van der Waals surface area contributed by atoms with Gasteiger partial charge in [-0.2, -0.15) is 0 Å². The minimum absolute atomic E-state index is 0.0715. The Morgan fingerprint density at radius 2 is 1.79 bits per heavy atom. The number of rotatable bonds is 6. The normalized spacial score (nSPS) is 16.9. The fraction of sp³-hybridized carbons (Fsp3) is 0.207. The highest BCUT2D eigenvalue weighted by atomic mass is 35.5. The van der Waals surface area contributed by atoms with Crippen molar-refractivity contribution in [1.29, 1.82) is 0 Å². The Hall–Kier alpha value is -4.30. The van der Waals surface area contributed by atoms with E-state index < -0.39 is 17.7 Å². The summed E-state index contributed by atoms with van der Waals surface area (Å²) < 4.78 is 10.8. The average molecular weight is 532 g/mol. The molecule has 0 radical (unpaired) electrons. The monoisotopic (exact) mass is 531 g/mol. The second-order valence-electron chi connectivity index (χ2n) is 9.03. The lowest BCUT2D eigenvalue weighted by Crippen LogP contribution is -2.30. The van der Waals surface area contributed by atoms with Crippen molar-refractivity contribution in [3.8, 4) is 11.5 Å². The first-order valence-corrected chi connectivity index (χ1v) is 12.5. The number of anilines is 1. The van der Waals surface area contributed by atoms with Crippen LogP contribution >= 0.6 is 11.6 Å². The van der Waals surface area contributed by atoms with Crippen LogP contribution < -0.4 is 14.4 Å². The van der Waals surface area contributed by atoms with Crippen LogP contribution in [0.5, 0.6) is 11.5 Å². The number of imidazole rings is 1. The van der Waals surface area contributed by atoms with Crippen LogP contribution in [0, 0.1) is 13.8 Å². The van der Waals surface area contributed by atoms with Gasteiger partial charge in [-0.05, 0) is 79.9 Å². The predicted molar refractivity (Wildman–Crippen MR) is 146 cm³/mol. The van der Waals surface area contributed by atoms with Gasteiger partial charge in [0, 0.05) is 5.56 Å². The minimum atomic E-state index is -0.949. The summed E-state index contributed by atoms with van der Waals surface area (Å²) in [5.74, 6) is -0.802. The quantitative estimate of drug-likeness (QED) is 0.183. The number of Topliss-reactive ketones (excluding diaryl/α,β-unsaturated/α-hetero) is 1. The summed E-state index contributed by atoms with van der Waals surface area (Å²) in [6.45, 7) is 6.15. The first kappa shape index (κ1) is 25.4. The lowest BCUT2D eigenvalue weighted by molar-refractivity contribution is -0.132. The summed E-state index contributed by atoms with van der Waals surface area (Å²) in [5, 5.41) is 11.8. The molecule has 1 amide bonds. The Bertz CT molecular complexity index is 1570. The average Bonchev–Trinajstić information content (AvgIpc) is 3.42. The molecule has 1 saturated heterocycles. The van der Waals surface area contributed by atoms with E-state index in [1.54, 1.807) is 49.6 Å². The molecule has 8 nitrogen and oxygen atoms in total. The van der Waals surface area contributed by atoms with Crippen molar-refractivity contribution in [2.45, 2.75) is 26.8 Å². The second kappa shape index (κ2) is 9.87. The Morgan fingerprint density at radius 1 is 1.08 bits per heavy atom. The van der Waals surface area contributed by atoms with Gasteiger partial charge in [-0.25, -0.2) is 4.98 Å². The number of carbonyl (C=O) groups is 2. The van der Waals surface area contributed by atoms with E-state index in [-0.39, 0.29) is 17.3 Å². The number of H-pyrrole nitrogens is 1. The number of nitrogens with zero attached hydrogens (tertiary/aromatic N) is 2. The number of aromatic amines is 1. The molecule has 0 bridgehead atoms. The molecule has 1 aliphatic heterocycles. The molecule has 1 aromatic heterocycles. The summed E-state index contributed by atoms with van der Waals surface area (Å²) in [6.07, 6.45) is 0. The predicted octanol–water partition coefficient (Wildman–Crippen LogP) is 5.87. The Labute approximate surface area is 224 Å². The van der Waals surface area contributed by atoms with Crippen molar-refractivity contribution >= 4 is 46.0 Å². The molecule has 4 aromatic rings. The molecule has 0 aliphatic carbocycles. The lowest BCUT2D eigenvalue weighted by Gasteiger charge is -2.23. The third-order valence-electron chi connectivity index (χ3n) is 6.69. The third kappa shape index (κ3) is 4.26. The molecule has 194 valence electrons. The largest absolute Gasteiger partial charge is 0.507 e. The molecule has 1 atom stereocenters. The number of benzene rings is 3. The molecule has 1 unspecified atom stereocenters. The number of methoxy groups -OCH3 is 1. The number of carbonyl (C=O) groups excluding carboxylic acids is 2. The van der Waals surface area contributed by atoms with Gasteiger partial charge in [-0.15, -0.1) is 0 Å². The third-order valence-corrected chi connectivity index (χ3v) is 7.01. The summed E-state index contributed by atoms with van der Waals surface area (Å²) in [6, 6.07) is 14.6. The minimum Gasteiger partial charge on any atom is -0.507 e. The zero-order valence-electron chi connectivity index (χ0n) is 21.3. The molecule has 2 N–H and O–H groups in total. The number of aliphatic hydroxyl groups is 1. The maximum Gasteiger partial charge on any atom is 0.302 e. The molecule has 0 spiro atoms. The summed E-state index contributed by atoms with van der Waals surface area (Å²) >= 11 is 6.23. The summed E-state index contributed by atoms with van der Waals surface area (Å²) in [5.41, 5.74) is 4.34. The highest BCUT2D eigenvalue weighted by molar-refractivity contribution is 6.51. The SMILES string of the molecule is CCOc1cc(/C(O)=C2\C(=O)C(=O)N(c3nc4cc(C)c(C)cc4[nH]3)C2c2ccc(OC)cc2)ccc1Cl. The highest BCUT2D eigenvalue weighted by Gasteiger charge is 2.48. The van der Waals surface area contributed by atoms with E-state index in [0.717, 1.165) is 16.6 Å². The van der Waals surface area contributed by atoms with Gasteiger partial charge >= 0.3 is 5.91 Å². The van der Waals surface area contributed by atoms with E-state index in [2.05, 4.69) is 9.97 Å². The van der Waals surface area contributed by atoms with Crippen molar-refractivity contribution in [3.05, 3.63) is 87.4 Å². The maximum absolute atomic E-state index is 13.5. The molecule has 3 aromatic carbocycles. The van der Waals surface area contributed by atoms with E-state index in [9.17, 15) is 14.7 Å². The van der Waals surface area contributed by atoms with E-state index in [0.29, 0.717) is 39.8 Å². The number of amides is 1. The fourth-order valence-electron chi connectivity index (χ4n) is 4.60. The molecule has 9 heteroatoms. The lowest BCUT2D eigenvalue weighted by atomic mass is 9.95. The van der Waals surface area contributed by atoms with Gasteiger partial charge in [0.2, 0.25) is 5.95 Å². The van der Waals surface area contributed by atoms with Gasteiger partial charge in [0.05, 0.1) is 41.4 Å². The molecule has 5 rings (SSSR count). The number of hydrogen-bond donors (Lipinski definition) is 2. The van der Waals surface area contributed by atoms with Gasteiger partial charge in [0.1, 0.15) is 17.3 Å². The van der Waals surface area contributed by atoms with Gasteiger partial charge in [-0.3, -0.25) is 14.5 Å². The van der Waals surface area contributed by atoms with Crippen molar-refractivity contribution in [1.82, 2.24) is 9.97 Å². The zero-order chi connectivity index (χ0) is 27.1. The molecule has 38 heavy (non-hydrogen) atoms. The van der Waals surface area contributed by atoms with Crippen LogP contribution in [0.1, 0.15) is 35.2 Å². The Morgan fingerprint density at radius 3 is 2.47 bits per heavy atom. The number of ether oxygens (including phenoxy) is 2. The summed E-state index contributed by atoms with van der Waals surface area (Å²) in [4.78, 5) is 36.1. The number of aryl methyl sites for hydroxylation is 2. The van der Waals surface area contributed by atoms with Gasteiger partial charge in [0.25, 0.3) is 5.78 Å². The Kier molecular flexibility index (Phi) is 6.59. The number of nitrogens with one attached hydrogen (secondary N) is 1. The van der Waals surface area contributed by atoms with E-state index in [4.69, 9.17) is 21.1 Å². The van der Waals surface area contributed by atoms with Crippen LogP contribution in [0.3, 0.4) is 0 Å². The van der Waals surface area contributed by atoms with Crippen LogP contribution in [-0.4, -0.2) is 40.5 Å². The van der Waals surface area contributed by atoms with Crippen molar-refractivity contribution in [2.75, 3.05) is 18.6 Å². The van der Waals surface area contributed by atoms with Crippen molar-refractivity contribution in [2.24, 2.45) is 0 Å². The van der Waals surface area contributed by atoms with Crippen LogP contribution in [0.4, 0.5) is 5.95 Å². The van der Waals surface area contributed by atoms with Crippen LogP contribution in [0.2, 0.25) is 5.02 Å². The van der Waals surface area contributed by atoms with Gasteiger partial charge in [-0.1, -0.05) is 23.7 Å². The standard InChI is InChI=1S/C29H26ClN3O5/c1-5-38-23-14-18(8-11-20(23)30)26(34)24-25(17-6-9-19(37-4)10-7-17)33(28(36)27(24)35)29-31-21-12-15(2)16(3)13-22(21)32-29/h6-14,25,34H,5H2,1-4H3,(H,31,32)/b26-24+. The molecule has 2 heterocycles. The molecule has 1 fully saturated rings. The smallest absolute Gasteiger partial charge is 0.302 e. The summed E-state index contributed by atoms with van der Waals surface area (Å²) in [7, 11) is 1.55. The number of aliphatic hydroxyl groups excluding tert-OH is 1. The van der Waals surface area contributed by atoms with E-state index in [1.807, 2.05) is 32.9 Å². The molecular weight excluding hydrogens is 506 g/mol. The fourth-order valence-corrected chi connectivity index (χ4v) is 4.77. The van der Waals surface area contributed by atoms with Gasteiger partial charge in [0.15, 0.2) is 0 Å². The number of halogens is 1. The first-order valence-electron chi connectivity index (χ1n) is 12.1. The topological polar surface area (TPSA) is 105 Å². The molecule has 1 aliphatic rings. The number of fused-ring (bicyclic) bond motifs is 1. The second-order valence-corrected chi connectivity index (χ2v) is 9.44. The first-order chi connectivity index (χ1) is 18.2. The Balaban J connectivity index is 1.71. The van der Waals surface area contributed by atoms with E-state index in [1.165, 1.54) is 4.90 Å². The van der Waals surface area contributed by atoms with Crippen molar-refractivity contribution < 1.29 is 24.2 Å². The molecule has 0 saturated carbocycles. The van der Waals surface area contributed by atoms with Crippen molar-refractivity contribution in [3.63, 3.8) is 0 Å². The van der Waals surface area contributed by atoms with Crippen LogP contribution in [-0.2, 0) is 9.59 Å². The number of ketones is 1. The number of hydrogen-bond acceptors (Lipinski definition) is 6. The van der Waals surface area contributed by atoms with Gasteiger partial charge < -0.3 is 19.6 Å². The van der Waals surface area contributed by atoms with Crippen LogP contribution in [0.25, 0.3) is 16.8 Å². The number of aromatic nitrogens is 2. The highest BCUT2D eigenvalue weighted by Crippen LogP contribution is 2.43. The zero-order valence-corrected chi connectivity index (χ0v) is 22.1.